The van der Waals surface area contributed by atoms with Crippen LogP contribution >= 0.6 is 31.9 Å². The number of aromatic nitrogens is 2. The van der Waals surface area contributed by atoms with Gasteiger partial charge < -0.3 is 19.2 Å². The van der Waals surface area contributed by atoms with Crippen LogP contribution in [-0.2, 0) is 0 Å². The number of nitrogens with zero attached hydrogens (tertiary/aromatic N) is 1. The molecule has 0 unspecified atom stereocenters. The summed E-state index contributed by atoms with van der Waals surface area (Å²) in [5, 5.41) is 0.344. The van der Waals surface area contributed by atoms with Gasteiger partial charge in [-0.1, -0.05) is 15.9 Å². The maximum Gasteiger partial charge on any atom is 0.262 e. The molecule has 3 aromatic rings. The van der Waals surface area contributed by atoms with E-state index >= 15 is 0 Å². The topological polar surface area (TPSA) is 73.4 Å². The highest BCUT2D eigenvalue weighted by molar-refractivity contribution is 9.11. The first-order valence-electron chi connectivity index (χ1n) is 7.77. The zero-order valence-corrected chi connectivity index (χ0v) is 17.5. The molecule has 0 radical (unpaired) electrons. The summed E-state index contributed by atoms with van der Waals surface area (Å²) in [6.45, 7) is 2.40. The van der Waals surface area contributed by atoms with E-state index in [1.807, 2.05) is 25.1 Å². The van der Waals surface area contributed by atoms with Crippen molar-refractivity contribution in [3.63, 3.8) is 0 Å². The van der Waals surface area contributed by atoms with Crippen LogP contribution in [0.3, 0.4) is 0 Å². The molecule has 0 aliphatic carbocycles. The average molecular weight is 484 g/mol. The van der Waals surface area contributed by atoms with E-state index in [-0.39, 0.29) is 5.56 Å². The van der Waals surface area contributed by atoms with Crippen molar-refractivity contribution in [2.24, 2.45) is 0 Å². The molecule has 1 aromatic heterocycles. The summed E-state index contributed by atoms with van der Waals surface area (Å²) in [6.07, 6.45) is 0. The van der Waals surface area contributed by atoms with Crippen molar-refractivity contribution in [3.8, 4) is 28.6 Å². The van der Waals surface area contributed by atoms with E-state index in [2.05, 4.69) is 41.8 Å². The van der Waals surface area contributed by atoms with Crippen LogP contribution in [0.4, 0.5) is 0 Å². The third kappa shape index (κ3) is 3.31. The Morgan fingerprint density at radius 3 is 2.46 bits per heavy atom. The Kier molecular flexibility index (Phi) is 5.52. The second-order valence-electron chi connectivity index (χ2n) is 5.31. The zero-order chi connectivity index (χ0) is 18.8. The zero-order valence-electron chi connectivity index (χ0n) is 14.4. The third-order valence-corrected chi connectivity index (χ3v) is 5.05. The monoisotopic (exact) mass is 482 g/mol. The second-order valence-corrected chi connectivity index (χ2v) is 7.02. The quantitative estimate of drug-likeness (QED) is 0.577. The number of ether oxygens (including phenoxy) is 3. The maximum atomic E-state index is 12.8. The van der Waals surface area contributed by atoms with Gasteiger partial charge >= 0.3 is 0 Å². The summed E-state index contributed by atoms with van der Waals surface area (Å²) in [5.41, 5.74) is 0.809. The number of rotatable bonds is 5. The van der Waals surface area contributed by atoms with Crippen molar-refractivity contribution in [2.45, 2.75) is 6.92 Å². The Morgan fingerprint density at radius 1 is 1.08 bits per heavy atom. The summed E-state index contributed by atoms with van der Waals surface area (Å²) in [5.74, 6) is 1.93. The summed E-state index contributed by atoms with van der Waals surface area (Å²) in [4.78, 5) is 20.2. The Balaban J connectivity index is 2.36. The predicted molar refractivity (Wildman–Crippen MR) is 107 cm³/mol. The molecule has 1 N–H and O–H groups in total. The van der Waals surface area contributed by atoms with Crippen LogP contribution in [-0.4, -0.2) is 30.8 Å². The van der Waals surface area contributed by atoms with E-state index in [1.54, 1.807) is 13.2 Å². The molecule has 136 valence electrons. The fourth-order valence-corrected chi connectivity index (χ4v) is 3.56. The van der Waals surface area contributed by atoms with E-state index in [0.29, 0.717) is 50.6 Å². The van der Waals surface area contributed by atoms with Crippen molar-refractivity contribution in [1.29, 1.82) is 0 Å². The molecule has 0 saturated heterocycles. The summed E-state index contributed by atoms with van der Waals surface area (Å²) in [7, 11) is 3.04. The maximum absolute atomic E-state index is 12.8. The minimum atomic E-state index is -0.312. The number of H-pyrrole nitrogens is 1. The minimum Gasteiger partial charge on any atom is -0.496 e. The van der Waals surface area contributed by atoms with Gasteiger partial charge in [-0.2, -0.15) is 0 Å². The van der Waals surface area contributed by atoms with Crippen LogP contribution in [0.2, 0.25) is 0 Å². The van der Waals surface area contributed by atoms with Gasteiger partial charge in [0.1, 0.15) is 28.5 Å². The van der Waals surface area contributed by atoms with Crippen LogP contribution in [0.5, 0.6) is 17.2 Å². The summed E-state index contributed by atoms with van der Waals surface area (Å²) in [6, 6.07) is 7.19. The number of methoxy groups -OCH3 is 2. The van der Waals surface area contributed by atoms with Gasteiger partial charge in [0, 0.05) is 10.5 Å². The number of hydrogen-bond acceptors (Lipinski definition) is 5. The molecule has 0 atom stereocenters. The number of fused-ring (bicyclic) bond motifs is 1. The second kappa shape index (κ2) is 7.67. The van der Waals surface area contributed by atoms with Gasteiger partial charge in [-0.05, 0) is 41.1 Å². The highest BCUT2D eigenvalue weighted by atomic mass is 79.9. The molecule has 0 amide bonds. The van der Waals surface area contributed by atoms with Gasteiger partial charge in [0.05, 0.1) is 36.4 Å². The lowest BCUT2D eigenvalue weighted by Gasteiger charge is -2.13. The van der Waals surface area contributed by atoms with E-state index in [4.69, 9.17) is 14.2 Å². The van der Waals surface area contributed by atoms with E-state index < -0.39 is 0 Å². The molecule has 0 aliphatic heterocycles. The van der Waals surface area contributed by atoms with E-state index in [0.717, 1.165) is 4.47 Å². The van der Waals surface area contributed by atoms with Crippen molar-refractivity contribution >= 4 is 42.8 Å². The predicted octanol–water partition coefficient (Wildman–Crippen LogP) is 4.53. The molecular weight excluding hydrogens is 468 g/mol. The van der Waals surface area contributed by atoms with Crippen LogP contribution in [0.1, 0.15) is 6.92 Å². The van der Waals surface area contributed by atoms with Crippen LogP contribution in [0.25, 0.3) is 22.3 Å². The highest BCUT2D eigenvalue weighted by Crippen LogP contribution is 2.38. The molecule has 0 fully saturated rings. The molecule has 2 aromatic carbocycles. The molecule has 0 bridgehead atoms. The number of benzene rings is 2. The van der Waals surface area contributed by atoms with Crippen molar-refractivity contribution in [3.05, 3.63) is 43.6 Å². The fourth-order valence-electron chi connectivity index (χ4n) is 2.64. The van der Waals surface area contributed by atoms with Gasteiger partial charge in [0.25, 0.3) is 5.56 Å². The van der Waals surface area contributed by atoms with Crippen molar-refractivity contribution < 1.29 is 14.2 Å². The Bertz CT molecular complexity index is 1030. The lowest BCUT2D eigenvalue weighted by Crippen LogP contribution is -2.12. The largest absolute Gasteiger partial charge is 0.496 e. The molecule has 8 heteroatoms. The van der Waals surface area contributed by atoms with Gasteiger partial charge in [0.2, 0.25) is 0 Å². The molecule has 0 aliphatic rings. The third-order valence-electron chi connectivity index (χ3n) is 3.79. The van der Waals surface area contributed by atoms with Gasteiger partial charge in [-0.15, -0.1) is 0 Å². The smallest absolute Gasteiger partial charge is 0.262 e. The van der Waals surface area contributed by atoms with Gasteiger partial charge in [-0.25, -0.2) is 4.98 Å². The van der Waals surface area contributed by atoms with Crippen LogP contribution in [0, 0.1) is 0 Å². The molecule has 26 heavy (non-hydrogen) atoms. The van der Waals surface area contributed by atoms with Crippen LogP contribution in [0.15, 0.2) is 38.0 Å². The van der Waals surface area contributed by atoms with Crippen LogP contribution < -0.4 is 19.8 Å². The molecule has 0 saturated carbocycles. The lowest BCUT2D eigenvalue weighted by molar-refractivity contribution is 0.341. The van der Waals surface area contributed by atoms with E-state index in [9.17, 15) is 4.79 Å². The molecule has 6 nitrogen and oxygen atoms in total. The average Bonchev–Trinajstić information content (AvgIpc) is 2.64. The standard InChI is InChI=1S/C18H16Br2N2O4/c1-4-26-11-6-5-9(19)7-10(11)17-21-16-14(18(23)22-17)12(24-2)8-13(25-3)15(16)20/h5-8H,4H2,1-3H3,(H,21,22,23). The SMILES string of the molecule is CCOc1ccc(Br)cc1-c1nc2c(Br)c(OC)cc(OC)c2c(=O)[nH]1. The first-order valence-corrected chi connectivity index (χ1v) is 9.36. The minimum absolute atomic E-state index is 0.312. The Hall–Kier alpha value is -2.06. The lowest BCUT2D eigenvalue weighted by atomic mass is 10.1. The Labute approximate surface area is 166 Å². The molecular formula is C18H16Br2N2O4. The number of halogens is 2. The molecule has 0 spiro atoms. The van der Waals surface area contributed by atoms with Gasteiger partial charge in [0.15, 0.2) is 0 Å². The van der Waals surface area contributed by atoms with Gasteiger partial charge in [-0.3, -0.25) is 4.79 Å². The number of nitrogens with one attached hydrogen (secondary N) is 1. The number of aromatic amines is 1. The normalized spacial score (nSPS) is 10.8. The highest BCUT2D eigenvalue weighted by Gasteiger charge is 2.19. The first kappa shape index (κ1) is 18.7. The summed E-state index contributed by atoms with van der Waals surface area (Å²) >= 11 is 6.92. The molecule has 3 rings (SSSR count). The van der Waals surface area contributed by atoms with Crippen molar-refractivity contribution in [1.82, 2.24) is 9.97 Å². The van der Waals surface area contributed by atoms with E-state index in [1.165, 1.54) is 7.11 Å². The Morgan fingerprint density at radius 2 is 1.81 bits per heavy atom. The summed E-state index contributed by atoms with van der Waals surface area (Å²) < 4.78 is 17.8. The van der Waals surface area contributed by atoms with Crippen molar-refractivity contribution in [2.75, 3.05) is 20.8 Å². The fraction of sp³-hybridized carbons (Fsp3) is 0.222. The first-order chi connectivity index (χ1) is 12.5. The molecule has 1 heterocycles. The number of hydrogen-bond donors (Lipinski definition) is 1.